The zero-order valence-corrected chi connectivity index (χ0v) is 11.0. The number of aliphatic hydroxyl groups is 1. The highest BCUT2D eigenvalue weighted by Crippen LogP contribution is 2.22. The number of halogens is 1. The highest BCUT2D eigenvalue weighted by Gasteiger charge is 2.11. The zero-order chi connectivity index (χ0) is 12.1. The Labute approximate surface area is 109 Å². The van der Waals surface area contributed by atoms with Crippen molar-refractivity contribution < 1.29 is 5.11 Å². The van der Waals surface area contributed by atoms with Crippen LogP contribution in [0.3, 0.4) is 0 Å². The summed E-state index contributed by atoms with van der Waals surface area (Å²) < 4.78 is 1.06. The number of nitrogens with zero attached hydrogens (tertiary/aromatic N) is 1. The van der Waals surface area contributed by atoms with Crippen LogP contribution in [0.4, 0.5) is 0 Å². The maximum absolute atomic E-state index is 9.48. The summed E-state index contributed by atoms with van der Waals surface area (Å²) >= 11 is 3.41. The Morgan fingerprint density at radius 3 is 2.29 bits per heavy atom. The molecule has 2 aromatic rings. The van der Waals surface area contributed by atoms with Crippen LogP contribution in [0.1, 0.15) is 17.0 Å². The van der Waals surface area contributed by atoms with E-state index in [1.165, 1.54) is 5.56 Å². The summed E-state index contributed by atoms with van der Waals surface area (Å²) in [5.74, 6) is 0.144. The normalized spacial score (nSPS) is 12.4. The minimum Gasteiger partial charge on any atom is -0.396 e. The van der Waals surface area contributed by atoms with Crippen molar-refractivity contribution in [1.82, 2.24) is 4.98 Å². The first kappa shape index (κ1) is 12.3. The van der Waals surface area contributed by atoms with E-state index in [0.29, 0.717) is 0 Å². The molecule has 1 heterocycles. The molecule has 0 radical (unpaired) electrons. The second kappa shape index (κ2) is 5.94. The summed E-state index contributed by atoms with van der Waals surface area (Å²) in [6.07, 6.45) is 4.40. The lowest BCUT2D eigenvalue weighted by molar-refractivity contribution is 0.264. The SMILES string of the molecule is OCC(Cc1ccncc1)c1ccc(Br)cc1. The van der Waals surface area contributed by atoms with Crippen LogP contribution in [0.25, 0.3) is 0 Å². The van der Waals surface area contributed by atoms with Crippen molar-refractivity contribution in [3.8, 4) is 0 Å². The lowest BCUT2D eigenvalue weighted by Crippen LogP contribution is -2.07. The van der Waals surface area contributed by atoms with Crippen molar-refractivity contribution in [2.75, 3.05) is 6.61 Å². The molecule has 17 heavy (non-hydrogen) atoms. The van der Waals surface area contributed by atoms with Crippen LogP contribution in [0.5, 0.6) is 0 Å². The third kappa shape index (κ3) is 3.38. The maximum Gasteiger partial charge on any atom is 0.0502 e. The lowest BCUT2D eigenvalue weighted by atomic mass is 9.93. The van der Waals surface area contributed by atoms with Gasteiger partial charge in [0.05, 0.1) is 6.61 Å². The lowest BCUT2D eigenvalue weighted by Gasteiger charge is -2.14. The molecule has 1 unspecified atom stereocenters. The minimum atomic E-state index is 0.144. The summed E-state index contributed by atoms with van der Waals surface area (Å²) in [4.78, 5) is 3.99. The molecule has 3 heteroatoms. The molecule has 0 fully saturated rings. The molecule has 0 aliphatic carbocycles. The monoisotopic (exact) mass is 291 g/mol. The molecule has 0 amide bonds. The molecule has 0 bridgehead atoms. The van der Waals surface area contributed by atoms with E-state index in [9.17, 15) is 5.11 Å². The topological polar surface area (TPSA) is 33.1 Å². The number of hydrogen-bond donors (Lipinski definition) is 1. The van der Waals surface area contributed by atoms with E-state index in [2.05, 4.69) is 20.9 Å². The molecule has 88 valence electrons. The van der Waals surface area contributed by atoms with Crippen LogP contribution in [-0.4, -0.2) is 16.7 Å². The molecule has 1 aromatic carbocycles. The van der Waals surface area contributed by atoms with Gasteiger partial charge in [-0.3, -0.25) is 4.98 Å². The fraction of sp³-hybridized carbons (Fsp3) is 0.214. The average molecular weight is 292 g/mol. The van der Waals surface area contributed by atoms with Gasteiger partial charge in [0.25, 0.3) is 0 Å². The minimum absolute atomic E-state index is 0.144. The Morgan fingerprint density at radius 1 is 1.06 bits per heavy atom. The van der Waals surface area contributed by atoms with E-state index in [1.54, 1.807) is 12.4 Å². The van der Waals surface area contributed by atoms with Gasteiger partial charge in [0.15, 0.2) is 0 Å². The summed E-state index contributed by atoms with van der Waals surface area (Å²) in [5, 5.41) is 9.48. The van der Waals surface area contributed by atoms with Gasteiger partial charge in [-0.1, -0.05) is 28.1 Å². The van der Waals surface area contributed by atoms with Crippen LogP contribution in [0, 0.1) is 0 Å². The van der Waals surface area contributed by atoms with Gasteiger partial charge in [0.2, 0.25) is 0 Å². The molecular weight excluding hydrogens is 278 g/mol. The smallest absolute Gasteiger partial charge is 0.0502 e. The van der Waals surface area contributed by atoms with Gasteiger partial charge in [0, 0.05) is 22.8 Å². The molecule has 0 spiro atoms. The second-order valence-corrected chi connectivity index (χ2v) is 4.91. The van der Waals surface area contributed by atoms with E-state index in [0.717, 1.165) is 16.5 Å². The number of rotatable bonds is 4. The van der Waals surface area contributed by atoms with E-state index in [1.807, 2.05) is 36.4 Å². The number of hydrogen-bond acceptors (Lipinski definition) is 2. The van der Waals surface area contributed by atoms with Crippen molar-refractivity contribution in [2.45, 2.75) is 12.3 Å². The Bertz CT molecular complexity index is 455. The quantitative estimate of drug-likeness (QED) is 0.939. The summed E-state index contributed by atoms with van der Waals surface area (Å²) in [5.41, 5.74) is 2.36. The molecule has 1 N–H and O–H groups in total. The molecule has 0 aliphatic heterocycles. The fourth-order valence-corrected chi connectivity index (χ4v) is 2.09. The van der Waals surface area contributed by atoms with Gasteiger partial charge in [-0.05, 0) is 41.8 Å². The fourth-order valence-electron chi connectivity index (χ4n) is 1.83. The number of benzene rings is 1. The maximum atomic E-state index is 9.48. The van der Waals surface area contributed by atoms with E-state index in [4.69, 9.17) is 0 Å². The van der Waals surface area contributed by atoms with Crippen molar-refractivity contribution in [3.63, 3.8) is 0 Å². The van der Waals surface area contributed by atoms with E-state index < -0.39 is 0 Å². The van der Waals surface area contributed by atoms with E-state index >= 15 is 0 Å². The molecule has 0 aliphatic rings. The van der Waals surface area contributed by atoms with Crippen LogP contribution >= 0.6 is 15.9 Å². The summed E-state index contributed by atoms with van der Waals surface area (Å²) in [6.45, 7) is 0.157. The third-order valence-corrected chi connectivity index (χ3v) is 3.32. The Hall–Kier alpha value is -1.19. The summed E-state index contributed by atoms with van der Waals surface area (Å²) in [6, 6.07) is 12.1. The van der Waals surface area contributed by atoms with Crippen LogP contribution in [0.15, 0.2) is 53.3 Å². The van der Waals surface area contributed by atoms with Crippen molar-refractivity contribution >= 4 is 15.9 Å². The van der Waals surface area contributed by atoms with Gasteiger partial charge >= 0.3 is 0 Å². The molecule has 1 atom stereocenters. The third-order valence-electron chi connectivity index (χ3n) is 2.79. The number of aromatic nitrogens is 1. The van der Waals surface area contributed by atoms with Crippen LogP contribution in [0.2, 0.25) is 0 Å². The summed E-state index contributed by atoms with van der Waals surface area (Å²) in [7, 11) is 0. The first-order chi connectivity index (χ1) is 8.29. The molecule has 0 saturated carbocycles. The Kier molecular flexibility index (Phi) is 4.29. The molecule has 1 aromatic heterocycles. The molecule has 2 rings (SSSR count). The average Bonchev–Trinajstić information content (AvgIpc) is 2.38. The highest BCUT2D eigenvalue weighted by atomic mass is 79.9. The Morgan fingerprint density at radius 2 is 1.71 bits per heavy atom. The van der Waals surface area contributed by atoms with Gasteiger partial charge in [-0.2, -0.15) is 0 Å². The molecule has 0 saturated heterocycles. The van der Waals surface area contributed by atoms with E-state index in [-0.39, 0.29) is 12.5 Å². The van der Waals surface area contributed by atoms with Gasteiger partial charge in [0.1, 0.15) is 0 Å². The van der Waals surface area contributed by atoms with Gasteiger partial charge < -0.3 is 5.11 Å². The van der Waals surface area contributed by atoms with Gasteiger partial charge in [-0.15, -0.1) is 0 Å². The van der Waals surface area contributed by atoms with Gasteiger partial charge in [-0.25, -0.2) is 0 Å². The van der Waals surface area contributed by atoms with Crippen molar-refractivity contribution in [1.29, 1.82) is 0 Å². The first-order valence-electron chi connectivity index (χ1n) is 5.55. The Balaban J connectivity index is 2.14. The molecular formula is C14H14BrNO. The highest BCUT2D eigenvalue weighted by molar-refractivity contribution is 9.10. The molecule has 2 nitrogen and oxygen atoms in total. The second-order valence-electron chi connectivity index (χ2n) is 3.99. The van der Waals surface area contributed by atoms with Crippen LogP contribution in [-0.2, 0) is 6.42 Å². The largest absolute Gasteiger partial charge is 0.396 e. The predicted octanol–water partition coefficient (Wildman–Crippen LogP) is 3.16. The first-order valence-corrected chi connectivity index (χ1v) is 6.34. The number of pyridine rings is 1. The van der Waals surface area contributed by atoms with Crippen molar-refractivity contribution in [2.24, 2.45) is 0 Å². The number of aliphatic hydroxyl groups excluding tert-OH is 1. The zero-order valence-electron chi connectivity index (χ0n) is 9.38. The van der Waals surface area contributed by atoms with Crippen molar-refractivity contribution in [3.05, 3.63) is 64.4 Å². The standard InChI is InChI=1S/C14H14BrNO/c15-14-3-1-12(2-4-14)13(10-17)9-11-5-7-16-8-6-11/h1-8,13,17H,9-10H2. The predicted molar refractivity (Wildman–Crippen MR) is 71.9 cm³/mol. The van der Waals surface area contributed by atoms with Crippen LogP contribution < -0.4 is 0 Å².